The van der Waals surface area contributed by atoms with Crippen molar-refractivity contribution in [2.75, 3.05) is 5.43 Å². The summed E-state index contributed by atoms with van der Waals surface area (Å²) in [6.07, 6.45) is 3.91. The fraction of sp³-hybridized carbons (Fsp3) is 0.200. The Morgan fingerprint density at radius 2 is 1.83 bits per heavy atom. The van der Waals surface area contributed by atoms with Crippen LogP contribution in [0.15, 0.2) is 30.5 Å². The summed E-state index contributed by atoms with van der Waals surface area (Å²) in [5.74, 6) is 0. The van der Waals surface area contributed by atoms with E-state index in [4.69, 9.17) is 0 Å². The summed E-state index contributed by atoms with van der Waals surface area (Å²) in [4.78, 5) is 0. The van der Waals surface area contributed by atoms with Crippen LogP contribution in [0.5, 0.6) is 0 Å². The van der Waals surface area contributed by atoms with E-state index in [1.807, 2.05) is 44.3 Å². The second kappa shape index (κ2) is 4.44. The third-order valence-electron chi connectivity index (χ3n) is 1.51. The molecule has 0 fully saturated rings. The highest BCUT2D eigenvalue weighted by molar-refractivity contribution is 5.68. The molecule has 0 atom stereocenters. The molecular weight excluding hydrogens is 148 g/mol. The van der Waals surface area contributed by atoms with Crippen molar-refractivity contribution in [2.45, 2.75) is 13.8 Å². The minimum Gasteiger partial charge on any atom is -0.308 e. The molecular formula is C10H14N2. The smallest absolute Gasteiger partial charge is 0.0612 e. The first kappa shape index (κ1) is 8.65. The molecule has 1 heterocycles. The van der Waals surface area contributed by atoms with Gasteiger partial charge in [0.05, 0.1) is 5.69 Å². The molecule has 2 N–H and O–H groups in total. The van der Waals surface area contributed by atoms with E-state index in [-0.39, 0.29) is 0 Å². The highest BCUT2D eigenvalue weighted by atomic mass is 15.3. The second-order valence-corrected chi connectivity index (χ2v) is 2.19. The van der Waals surface area contributed by atoms with Gasteiger partial charge in [0, 0.05) is 11.8 Å². The van der Waals surface area contributed by atoms with Gasteiger partial charge in [0.25, 0.3) is 0 Å². The van der Waals surface area contributed by atoms with Crippen LogP contribution in [0.25, 0.3) is 6.08 Å². The lowest BCUT2D eigenvalue weighted by Crippen LogP contribution is -2.17. The van der Waals surface area contributed by atoms with Gasteiger partial charge in [0.1, 0.15) is 0 Å². The van der Waals surface area contributed by atoms with Gasteiger partial charge in [-0.05, 0) is 12.1 Å². The fourth-order valence-electron chi connectivity index (χ4n) is 1.01. The maximum absolute atomic E-state index is 3.03. The maximum Gasteiger partial charge on any atom is 0.0612 e. The number of nitrogens with one attached hydrogen (secondary N) is 2. The van der Waals surface area contributed by atoms with Gasteiger partial charge in [-0.3, -0.25) is 0 Å². The predicted octanol–water partition coefficient (Wildman–Crippen LogP) is 2.61. The zero-order valence-corrected chi connectivity index (χ0v) is 7.46. The van der Waals surface area contributed by atoms with E-state index in [0.717, 1.165) is 5.69 Å². The molecule has 2 heteroatoms. The van der Waals surface area contributed by atoms with E-state index in [1.54, 1.807) is 0 Å². The highest BCUT2D eigenvalue weighted by Gasteiger charge is 1.98. The first-order chi connectivity index (χ1) is 5.97. The van der Waals surface area contributed by atoms with Crippen molar-refractivity contribution < 1.29 is 0 Å². The molecule has 0 unspecified atom stereocenters. The Morgan fingerprint density at radius 1 is 1.08 bits per heavy atom. The van der Waals surface area contributed by atoms with Gasteiger partial charge < -0.3 is 10.9 Å². The minimum atomic E-state index is 1.13. The van der Waals surface area contributed by atoms with E-state index in [1.165, 1.54) is 5.56 Å². The predicted molar refractivity (Wildman–Crippen MR) is 53.6 cm³/mol. The van der Waals surface area contributed by atoms with Gasteiger partial charge in [-0.25, -0.2) is 0 Å². The van der Waals surface area contributed by atoms with Gasteiger partial charge in [-0.1, -0.05) is 32.0 Å². The van der Waals surface area contributed by atoms with E-state index in [9.17, 15) is 0 Å². The summed E-state index contributed by atoms with van der Waals surface area (Å²) in [6.45, 7) is 4.00. The zero-order valence-electron chi connectivity index (χ0n) is 7.46. The molecule has 0 saturated carbocycles. The van der Waals surface area contributed by atoms with Gasteiger partial charge in [-0.2, -0.15) is 0 Å². The summed E-state index contributed by atoms with van der Waals surface area (Å²) in [5.41, 5.74) is 8.29. The van der Waals surface area contributed by atoms with Crippen molar-refractivity contribution in [3.63, 3.8) is 0 Å². The molecule has 1 aliphatic heterocycles. The van der Waals surface area contributed by atoms with Crippen molar-refractivity contribution in [1.82, 2.24) is 5.43 Å². The Morgan fingerprint density at radius 3 is 2.58 bits per heavy atom. The van der Waals surface area contributed by atoms with Crippen LogP contribution in [0.3, 0.4) is 0 Å². The minimum absolute atomic E-state index is 1.13. The lowest BCUT2D eigenvalue weighted by Gasteiger charge is -2.12. The molecule has 12 heavy (non-hydrogen) atoms. The van der Waals surface area contributed by atoms with Crippen molar-refractivity contribution in [1.29, 1.82) is 0 Å². The third-order valence-corrected chi connectivity index (χ3v) is 1.51. The number of benzene rings is 1. The Hall–Kier alpha value is -1.44. The molecule has 0 aliphatic carbocycles. The average molecular weight is 162 g/mol. The number of hydrogen-bond acceptors (Lipinski definition) is 2. The monoisotopic (exact) mass is 162 g/mol. The Kier molecular flexibility index (Phi) is 3.20. The maximum atomic E-state index is 3.03. The summed E-state index contributed by atoms with van der Waals surface area (Å²) < 4.78 is 0. The van der Waals surface area contributed by atoms with Gasteiger partial charge in [0.2, 0.25) is 0 Å². The molecule has 0 bridgehead atoms. The number of anilines is 1. The summed E-state index contributed by atoms with van der Waals surface area (Å²) in [6, 6.07) is 8.13. The SMILES string of the molecule is C1=Cc2ccccc2NN1.CC. The lowest BCUT2D eigenvalue weighted by molar-refractivity contribution is 1.05. The van der Waals surface area contributed by atoms with E-state index in [2.05, 4.69) is 16.9 Å². The van der Waals surface area contributed by atoms with Gasteiger partial charge in [-0.15, -0.1) is 0 Å². The summed E-state index contributed by atoms with van der Waals surface area (Å²) in [7, 11) is 0. The molecule has 0 amide bonds. The van der Waals surface area contributed by atoms with Crippen LogP contribution >= 0.6 is 0 Å². The van der Waals surface area contributed by atoms with E-state index in [0.29, 0.717) is 0 Å². The number of fused-ring (bicyclic) bond motifs is 1. The Labute approximate surface area is 73.3 Å². The van der Waals surface area contributed by atoms with Crippen molar-refractivity contribution in [2.24, 2.45) is 0 Å². The molecule has 0 saturated heterocycles. The fourth-order valence-corrected chi connectivity index (χ4v) is 1.01. The highest BCUT2D eigenvalue weighted by Crippen LogP contribution is 2.17. The lowest BCUT2D eigenvalue weighted by atomic mass is 10.1. The first-order valence-electron chi connectivity index (χ1n) is 4.24. The van der Waals surface area contributed by atoms with Crippen molar-refractivity contribution in [3.8, 4) is 0 Å². The van der Waals surface area contributed by atoms with Crippen LogP contribution in [-0.4, -0.2) is 0 Å². The summed E-state index contributed by atoms with van der Waals surface area (Å²) >= 11 is 0. The van der Waals surface area contributed by atoms with Gasteiger partial charge in [0.15, 0.2) is 0 Å². The first-order valence-corrected chi connectivity index (χ1v) is 4.24. The quantitative estimate of drug-likeness (QED) is 0.612. The van der Waals surface area contributed by atoms with Crippen LogP contribution < -0.4 is 10.9 Å². The topological polar surface area (TPSA) is 24.1 Å². The average Bonchev–Trinajstić information content (AvgIpc) is 2.21. The Bertz CT molecular complexity index is 266. The van der Waals surface area contributed by atoms with E-state index >= 15 is 0 Å². The number of hydrogen-bond donors (Lipinski definition) is 2. The zero-order chi connectivity index (χ0) is 8.81. The number of para-hydroxylation sites is 1. The molecule has 1 aromatic rings. The molecule has 2 rings (SSSR count). The summed E-state index contributed by atoms with van der Waals surface area (Å²) in [5, 5.41) is 0. The molecule has 0 radical (unpaired) electrons. The van der Waals surface area contributed by atoms with Crippen LogP contribution in [0.2, 0.25) is 0 Å². The van der Waals surface area contributed by atoms with Crippen molar-refractivity contribution in [3.05, 3.63) is 36.0 Å². The third kappa shape index (κ3) is 1.78. The molecule has 0 aromatic heterocycles. The normalized spacial score (nSPS) is 11.5. The standard InChI is InChI=1S/C8H8N2.C2H6/c1-2-4-8-7(3-1)5-6-9-10-8;1-2/h1-6,9-10H;1-2H3. The van der Waals surface area contributed by atoms with Gasteiger partial charge >= 0.3 is 0 Å². The molecule has 1 aromatic carbocycles. The van der Waals surface area contributed by atoms with Crippen LogP contribution in [0, 0.1) is 0 Å². The number of rotatable bonds is 0. The Balaban J connectivity index is 0.000000336. The number of hydrazine groups is 1. The van der Waals surface area contributed by atoms with Crippen LogP contribution in [0.1, 0.15) is 19.4 Å². The molecule has 64 valence electrons. The van der Waals surface area contributed by atoms with E-state index < -0.39 is 0 Å². The largest absolute Gasteiger partial charge is 0.308 e. The van der Waals surface area contributed by atoms with Crippen molar-refractivity contribution >= 4 is 11.8 Å². The molecule has 0 spiro atoms. The van der Waals surface area contributed by atoms with Crippen LogP contribution in [0.4, 0.5) is 5.69 Å². The second-order valence-electron chi connectivity index (χ2n) is 2.19. The molecule has 1 aliphatic rings. The van der Waals surface area contributed by atoms with Crippen LogP contribution in [-0.2, 0) is 0 Å². The molecule has 2 nitrogen and oxygen atoms in total.